The molecule has 23 heterocycles. The lowest BCUT2D eigenvalue weighted by Crippen LogP contribution is -2.69. The Morgan fingerprint density at radius 1 is 0.238 bits per heavy atom. The van der Waals surface area contributed by atoms with Crippen molar-refractivity contribution < 1.29 is 183 Å². The zero-order valence-corrected chi connectivity index (χ0v) is 54.8. The minimum absolute atomic E-state index is 0.0272. The van der Waals surface area contributed by atoms with Crippen molar-refractivity contribution in [3.8, 4) is 0 Å². The minimum Gasteiger partial charge on any atom is -0.394 e. The molecule has 39 nitrogen and oxygen atoms in total. The Morgan fingerprint density at radius 3 is 0.590 bits per heavy atom. The Labute approximate surface area is 591 Å². The highest BCUT2D eigenvalue weighted by Gasteiger charge is 2.61. The lowest BCUT2D eigenvalue weighted by molar-refractivity contribution is -0.395. The van der Waals surface area contributed by atoms with Gasteiger partial charge in [0.25, 0.3) is 23.6 Å². The number of imide groups is 2. The average molecular weight is 1490 g/mol. The third-order valence-electron chi connectivity index (χ3n) is 20.9. The number of hydrogen-bond donors (Lipinski definition) is 19. The molecule has 0 spiro atoms. The van der Waals surface area contributed by atoms with Gasteiger partial charge in [0.15, 0.2) is 44.0 Å². The van der Waals surface area contributed by atoms with Crippen molar-refractivity contribution in [3.63, 3.8) is 0 Å². The summed E-state index contributed by atoms with van der Waals surface area (Å²) >= 11 is 0. The summed E-state index contributed by atoms with van der Waals surface area (Å²) in [6, 6.07) is 18.5. The van der Waals surface area contributed by atoms with Crippen molar-refractivity contribution in [2.75, 3.05) is 46.1 Å². The van der Waals surface area contributed by atoms with Crippen LogP contribution in [-0.4, -0.2) is 392 Å². The highest BCUT2D eigenvalue weighted by Crippen LogP contribution is 2.42. The van der Waals surface area contributed by atoms with E-state index in [1.54, 1.807) is 48.5 Å². The fourth-order valence-electron chi connectivity index (χ4n) is 15.3. The van der Waals surface area contributed by atoms with Crippen LogP contribution in [0.5, 0.6) is 0 Å². The molecule has 4 aromatic carbocycles. The van der Waals surface area contributed by atoms with E-state index in [0.717, 1.165) is 0 Å². The maximum atomic E-state index is 14.4. The standard InChI is InChI=1S/C66H80N2O37/c69-15-28-51-39(78)46(85)64(96-28)103-53-30(17-71)94-62(44(83)37(53)76)99-49-26(13-67-56(88)22-9-1-5-20-6-2-10-23(33(20)22)57(67)89)93-61(43(82)36(49)75)102-52-29(16-70)97-65(47(86)40(52)79)105-55-32(19-73)98-66(48(87)41(55)80)104-54-31(18-72)95-63(45(84)38(54)77)100-50-27(92-60(101-51)42(81)35(50)74)14-68-58(90)24-11-3-7-21-8-4-12-25(34(21)24)59(68)91/h1-12,26-32,35-55,60-66,69-87H,13-19H2/t26-,27-,28-,29-,30-,31-,32-,35-,36-,37?,38-,39-,40-,41-,42-,43-,44-,45-,46-,47-,48-,49-,50-,51-,52-,53-,54-,55-,60-,61-,62-,63-,64-,65-,66-/m1/s1. The summed E-state index contributed by atoms with van der Waals surface area (Å²) in [7, 11) is 0. The van der Waals surface area contributed by atoms with Crippen LogP contribution in [0.25, 0.3) is 21.5 Å². The molecule has 21 fully saturated rings. The number of carbonyl (C=O) groups excluding carboxylic acids is 4. The van der Waals surface area contributed by atoms with Gasteiger partial charge >= 0.3 is 0 Å². The van der Waals surface area contributed by atoms with E-state index in [2.05, 4.69) is 0 Å². The molecular weight excluding hydrogens is 1410 g/mol. The van der Waals surface area contributed by atoms with Gasteiger partial charge in [0.2, 0.25) is 0 Å². The molecule has 0 aliphatic carbocycles. The molecule has 23 aliphatic heterocycles. The number of nitrogens with zero attached hydrogens (tertiary/aromatic N) is 2. The van der Waals surface area contributed by atoms with Gasteiger partial charge in [0.1, 0.15) is 171 Å². The van der Waals surface area contributed by atoms with Gasteiger partial charge in [-0.2, -0.15) is 0 Å². The number of hydrogen-bond acceptors (Lipinski definition) is 37. The van der Waals surface area contributed by atoms with Crippen LogP contribution < -0.4 is 0 Å². The van der Waals surface area contributed by atoms with Crippen LogP contribution in [0.1, 0.15) is 41.4 Å². The Bertz CT molecular complexity index is 3580. The van der Waals surface area contributed by atoms with Gasteiger partial charge in [0.05, 0.1) is 46.1 Å². The van der Waals surface area contributed by atoms with Gasteiger partial charge in [-0.05, 0) is 35.0 Å². The number of aliphatic hydroxyl groups excluding tert-OH is 19. The van der Waals surface area contributed by atoms with E-state index in [1.807, 2.05) is 0 Å². The Balaban J connectivity index is 0.790. The lowest BCUT2D eigenvalue weighted by atomic mass is 9.92. The smallest absolute Gasteiger partial charge is 0.261 e. The molecule has 23 aliphatic rings. The van der Waals surface area contributed by atoms with Gasteiger partial charge in [-0.15, -0.1) is 0 Å². The Kier molecular flexibility index (Phi) is 22.2. The van der Waals surface area contributed by atoms with Crippen molar-refractivity contribution in [1.82, 2.24) is 9.80 Å². The number of amides is 4. The molecule has 0 saturated carbocycles. The van der Waals surface area contributed by atoms with E-state index in [1.165, 1.54) is 24.3 Å². The molecular formula is C66H80N2O37. The van der Waals surface area contributed by atoms with Crippen LogP contribution in [0.2, 0.25) is 0 Å². The number of benzene rings is 4. The second-order valence-corrected chi connectivity index (χ2v) is 27.1. The normalized spacial score (nSPS) is 45.0. The van der Waals surface area contributed by atoms with Crippen LogP contribution in [-0.2, 0) is 66.3 Å². The van der Waals surface area contributed by atoms with Gasteiger partial charge in [0, 0.05) is 33.0 Å². The molecule has 14 bridgehead atoms. The predicted molar refractivity (Wildman–Crippen MR) is 333 cm³/mol. The molecule has 0 aromatic heterocycles. The molecule has 35 atom stereocenters. The van der Waals surface area contributed by atoms with E-state index in [9.17, 15) is 116 Å². The first-order valence-electron chi connectivity index (χ1n) is 33.8. The van der Waals surface area contributed by atoms with Gasteiger partial charge in [-0.25, -0.2) is 0 Å². The van der Waals surface area contributed by atoms with E-state index in [-0.39, 0.29) is 33.0 Å². The summed E-state index contributed by atoms with van der Waals surface area (Å²) in [5, 5.41) is 222. The molecule has 1 unspecified atom stereocenters. The highest BCUT2D eigenvalue weighted by atomic mass is 16.8. The van der Waals surface area contributed by atoms with Crippen LogP contribution >= 0.6 is 0 Å². The quantitative estimate of drug-likeness (QED) is 0.0692. The Morgan fingerprint density at radius 2 is 0.410 bits per heavy atom. The van der Waals surface area contributed by atoms with Gasteiger partial charge < -0.3 is 163 Å². The summed E-state index contributed by atoms with van der Waals surface area (Å²) in [4.78, 5) is 59.1. The van der Waals surface area contributed by atoms with E-state index in [0.29, 0.717) is 20.6 Å². The van der Waals surface area contributed by atoms with Crippen LogP contribution in [0.4, 0.5) is 0 Å². The van der Waals surface area contributed by atoms with Crippen molar-refractivity contribution in [2.24, 2.45) is 0 Å². The molecule has 4 aromatic rings. The molecule has 27 rings (SSSR count). The first-order valence-corrected chi connectivity index (χ1v) is 33.8. The highest BCUT2D eigenvalue weighted by molar-refractivity contribution is 6.26. The fourth-order valence-corrected chi connectivity index (χ4v) is 15.3. The fraction of sp³-hybridized carbons (Fsp3) is 0.636. The average Bonchev–Trinajstić information content (AvgIpc) is 0.745. The van der Waals surface area contributed by atoms with Gasteiger partial charge in [-0.1, -0.05) is 48.5 Å². The minimum atomic E-state index is -2.38. The monoisotopic (exact) mass is 1490 g/mol. The first-order chi connectivity index (χ1) is 50.3. The summed E-state index contributed by atoms with van der Waals surface area (Å²) in [6.07, 6.45) is -75.5. The van der Waals surface area contributed by atoms with Crippen molar-refractivity contribution in [3.05, 3.63) is 95.1 Å². The molecule has 19 N–H and O–H groups in total. The maximum Gasteiger partial charge on any atom is 0.261 e. The van der Waals surface area contributed by atoms with Crippen molar-refractivity contribution >= 4 is 45.2 Å². The van der Waals surface area contributed by atoms with Crippen molar-refractivity contribution in [1.29, 1.82) is 0 Å². The molecule has 39 heteroatoms. The maximum absolute atomic E-state index is 14.4. The molecule has 105 heavy (non-hydrogen) atoms. The second-order valence-electron chi connectivity index (χ2n) is 27.1. The van der Waals surface area contributed by atoms with E-state index in [4.69, 9.17) is 66.3 Å². The third-order valence-corrected chi connectivity index (χ3v) is 20.9. The summed E-state index contributed by atoms with van der Waals surface area (Å²) < 4.78 is 83.6. The molecule has 4 amide bonds. The third kappa shape index (κ3) is 13.5. The zero-order valence-electron chi connectivity index (χ0n) is 54.8. The lowest BCUT2D eigenvalue weighted by Gasteiger charge is -2.50. The second kappa shape index (κ2) is 30.7. The van der Waals surface area contributed by atoms with E-state index < -0.39 is 285 Å². The summed E-state index contributed by atoms with van der Waals surface area (Å²) in [6.45, 7) is -7.52. The summed E-state index contributed by atoms with van der Waals surface area (Å²) in [5.74, 6) is -3.65. The van der Waals surface area contributed by atoms with Crippen LogP contribution in [0, 0.1) is 0 Å². The van der Waals surface area contributed by atoms with Gasteiger partial charge in [-0.3, -0.25) is 29.0 Å². The molecule has 0 radical (unpaired) electrons. The predicted octanol–water partition coefficient (Wildman–Crippen LogP) is -10.3. The number of rotatable bonds is 9. The van der Waals surface area contributed by atoms with Crippen LogP contribution in [0.3, 0.4) is 0 Å². The summed E-state index contributed by atoms with van der Waals surface area (Å²) in [5.41, 5.74) is 0.109. The molecule has 576 valence electrons. The topological polar surface area (TPSA) is 588 Å². The number of ether oxygens (including phenoxy) is 14. The largest absolute Gasteiger partial charge is 0.394 e. The first kappa shape index (κ1) is 76.1. The Hall–Kier alpha value is -5.64. The van der Waals surface area contributed by atoms with E-state index >= 15 is 0 Å². The zero-order chi connectivity index (χ0) is 74.6. The molecule has 21 saturated heterocycles. The van der Waals surface area contributed by atoms with Crippen LogP contribution in [0.15, 0.2) is 72.8 Å². The number of aliphatic hydroxyl groups is 19. The number of carbonyl (C=O) groups is 4. The SMILES string of the molecule is O=C1c2cccc3cccc(c23)C(=O)N1C[C@H]1O[C@@H]2O[C@H]3[C@H](O)[C@@H](O)[C@H](O[C@@H]3CO)O[C@H]3C(O)[C@@H](O)[C@@H](O[C@H]4[C@H](O)[C@@H](O)[C@@H](O[C@H]5[C@H](O)[C@@H](O)[C@@H](O[C@H]6[C@H](O)[C@@H](O)[C@@H](O[C@H]7[C@H](O)[C@@H](O)[C@@H](O[C@H]1[C@H](O)[C@H]2O)O[C@@H]7CO)O[C@@H]6CO)O[C@@H]5CO)O[C@@H]4CN1C(=O)c2cccc4cccc(c24)C1=O)O[C@@H]3CO. The van der Waals surface area contributed by atoms with Crippen molar-refractivity contribution in [2.45, 2.75) is 215 Å².